The summed E-state index contributed by atoms with van der Waals surface area (Å²) in [7, 11) is 0. The highest BCUT2D eigenvalue weighted by Gasteiger charge is 2.53. The summed E-state index contributed by atoms with van der Waals surface area (Å²) in [6.45, 7) is 0.0978. The number of rotatable bonds is 5. The first-order valence-corrected chi connectivity index (χ1v) is 8.87. The second-order valence-electron chi connectivity index (χ2n) is 5.17. The molecule has 0 saturated carbocycles. The fourth-order valence-electron chi connectivity index (χ4n) is 2.64. The van der Waals surface area contributed by atoms with Gasteiger partial charge in [0.2, 0.25) is 5.91 Å². The Hall–Kier alpha value is -1.84. The zero-order valence-corrected chi connectivity index (χ0v) is 13.7. The molecule has 1 aromatic heterocycles. The number of nitrogens with one attached hydrogen (secondary N) is 1. The van der Waals surface area contributed by atoms with Crippen LogP contribution in [0.5, 0.6) is 0 Å². The third-order valence-corrected chi connectivity index (χ3v) is 5.94. The van der Waals surface area contributed by atoms with E-state index in [-0.39, 0.29) is 29.9 Å². The van der Waals surface area contributed by atoms with Crippen molar-refractivity contribution >= 4 is 40.9 Å². The number of aliphatic carboxylic acids is 1. The summed E-state index contributed by atoms with van der Waals surface area (Å²) in [5.41, 5.74) is 6.06. The van der Waals surface area contributed by atoms with E-state index >= 15 is 0 Å². The molecule has 1 aromatic rings. The predicted molar refractivity (Wildman–Crippen MR) is 86.8 cm³/mol. The van der Waals surface area contributed by atoms with Gasteiger partial charge in [0.05, 0.1) is 6.42 Å². The van der Waals surface area contributed by atoms with Crippen LogP contribution >= 0.6 is 23.1 Å². The molecule has 2 atom stereocenters. The van der Waals surface area contributed by atoms with Gasteiger partial charge < -0.3 is 16.2 Å². The first-order valence-electron chi connectivity index (χ1n) is 6.94. The minimum Gasteiger partial charge on any atom is -0.477 e. The number of nitrogens with zero attached hydrogens (tertiary/aromatic N) is 1. The summed E-state index contributed by atoms with van der Waals surface area (Å²) >= 11 is 2.90. The Balaban J connectivity index is 1.69. The lowest BCUT2D eigenvalue weighted by molar-refractivity contribution is -0.150. The van der Waals surface area contributed by atoms with E-state index < -0.39 is 17.9 Å². The zero-order valence-electron chi connectivity index (χ0n) is 12.0. The molecule has 4 N–H and O–H groups in total. The Morgan fingerprint density at radius 3 is 2.87 bits per heavy atom. The van der Waals surface area contributed by atoms with Crippen molar-refractivity contribution in [2.75, 3.05) is 12.3 Å². The van der Waals surface area contributed by atoms with Crippen molar-refractivity contribution in [2.24, 2.45) is 5.73 Å². The van der Waals surface area contributed by atoms with Crippen LogP contribution in [0, 0.1) is 0 Å². The van der Waals surface area contributed by atoms with Gasteiger partial charge in [-0.1, -0.05) is 6.07 Å². The third kappa shape index (κ3) is 2.87. The first kappa shape index (κ1) is 16.0. The smallest absolute Gasteiger partial charge is 0.352 e. The number of hydrogen-bond acceptors (Lipinski definition) is 6. The van der Waals surface area contributed by atoms with E-state index in [1.54, 1.807) is 0 Å². The molecule has 3 heterocycles. The SMILES string of the molecule is NCC1=C(C(=O)O)N2C(=O)C(NC(=O)Cc3cccs3)C2SC1. The molecule has 1 saturated heterocycles. The Labute approximate surface area is 140 Å². The summed E-state index contributed by atoms with van der Waals surface area (Å²) in [6, 6.07) is 3.03. The molecule has 2 aliphatic rings. The zero-order chi connectivity index (χ0) is 16.6. The average molecular weight is 353 g/mol. The van der Waals surface area contributed by atoms with Crippen LogP contribution in [0.2, 0.25) is 0 Å². The largest absolute Gasteiger partial charge is 0.477 e. The fraction of sp³-hybridized carbons (Fsp3) is 0.357. The van der Waals surface area contributed by atoms with Crippen LogP contribution in [0.4, 0.5) is 0 Å². The standard InChI is InChI=1S/C14H15N3O4S2/c15-5-7-6-23-13-10(12(19)17(13)11(7)14(20)21)16-9(18)4-8-2-1-3-22-8/h1-3,10,13H,4-6,15H2,(H,16,18)(H,20,21). The van der Waals surface area contributed by atoms with Gasteiger partial charge in [-0.05, 0) is 17.0 Å². The van der Waals surface area contributed by atoms with Gasteiger partial charge in [-0.25, -0.2) is 4.79 Å². The maximum Gasteiger partial charge on any atom is 0.352 e. The van der Waals surface area contributed by atoms with Crippen LogP contribution < -0.4 is 11.1 Å². The van der Waals surface area contributed by atoms with Crippen molar-refractivity contribution in [1.29, 1.82) is 0 Å². The van der Waals surface area contributed by atoms with Crippen molar-refractivity contribution in [2.45, 2.75) is 17.8 Å². The highest BCUT2D eigenvalue weighted by atomic mass is 32.2. The van der Waals surface area contributed by atoms with Crippen molar-refractivity contribution in [3.05, 3.63) is 33.7 Å². The van der Waals surface area contributed by atoms with E-state index in [2.05, 4.69) is 5.32 Å². The van der Waals surface area contributed by atoms with Crippen LogP contribution in [0.25, 0.3) is 0 Å². The molecule has 0 aliphatic carbocycles. The molecule has 9 heteroatoms. The van der Waals surface area contributed by atoms with Crippen molar-refractivity contribution < 1.29 is 19.5 Å². The number of β-lactam (4-membered cyclic amide) rings is 1. The summed E-state index contributed by atoms with van der Waals surface area (Å²) < 4.78 is 0. The molecule has 0 aromatic carbocycles. The van der Waals surface area contributed by atoms with Gasteiger partial charge in [-0.3, -0.25) is 14.5 Å². The van der Waals surface area contributed by atoms with Crippen LogP contribution in [0.15, 0.2) is 28.8 Å². The van der Waals surface area contributed by atoms with E-state index in [0.717, 1.165) is 4.88 Å². The van der Waals surface area contributed by atoms with Crippen molar-refractivity contribution in [3.8, 4) is 0 Å². The van der Waals surface area contributed by atoms with E-state index in [4.69, 9.17) is 5.73 Å². The number of amides is 2. The average Bonchev–Trinajstić information content (AvgIpc) is 3.03. The lowest BCUT2D eigenvalue weighted by atomic mass is 10.0. The van der Waals surface area contributed by atoms with Gasteiger partial charge in [-0.2, -0.15) is 0 Å². The molecule has 0 spiro atoms. The number of hydrogen-bond donors (Lipinski definition) is 3. The minimum atomic E-state index is -1.16. The number of carboxylic acids is 1. The van der Waals surface area contributed by atoms with Crippen LogP contribution in [-0.4, -0.2) is 51.5 Å². The van der Waals surface area contributed by atoms with Crippen LogP contribution in [0.1, 0.15) is 4.88 Å². The van der Waals surface area contributed by atoms with Crippen molar-refractivity contribution in [1.82, 2.24) is 10.2 Å². The fourth-order valence-corrected chi connectivity index (χ4v) is 4.70. The Bertz CT molecular complexity index is 686. The monoisotopic (exact) mass is 353 g/mol. The molecule has 7 nitrogen and oxygen atoms in total. The summed E-state index contributed by atoms with van der Waals surface area (Å²) in [5, 5.41) is 13.5. The highest BCUT2D eigenvalue weighted by molar-refractivity contribution is 8.00. The quantitative estimate of drug-likeness (QED) is 0.642. The molecule has 1 fully saturated rings. The van der Waals surface area contributed by atoms with Crippen LogP contribution in [0.3, 0.4) is 0 Å². The summed E-state index contributed by atoms with van der Waals surface area (Å²) in [5.74, 6) is -1.35. The maximum absolute atomic E-state index is 12.3. The Morgan fingerprint density at radius 2 is 2.26 bits per heavy atom. The first-order chi connectivity index (χ1) is 11.0. The van der Waals surface area contributed by atoms with E-state index in [9.17, 15) is 19.5 Å². The van der Waals surface area contributed by atoms with E-state index in [1.165, 1.54) is 28.0 Å². The molecular formula is C14H15N3O4S2. The third-order valence-electron chi connectivity index (χ3n) is 3.73. The molecular weight excluding hydrogens is 338 g/mol. The van der Waals surface area contributed by atoms with Gasteiger partial charge in [-0.15, -0.1) is 23.1 Å². The number of carbonyl (C=O) groups excluding carboxylic acids is 2. The molecule has 122 valence electrons. The van der Waals surface area contributed by atoms with Gasteiger partial charge >= 0.3 is 5.97 Å². The molecule has 2 unspecified atom stereocenters. The lowest BCUT2D eigenvalue weighted by Crippen LogP contribution is -2.70. The predicted octanol–water partition coefficient (Wildman–Crippen LogP) is -0.0121. The number of carbonyl (C=O) groups is 3. The number of fused-ring (bicyclic) bond motifs is 1. The molecule has 2 amide bonds. The molecule has 3 rings (SSSR count). The number of nitrogens with two attached hydrogens (primary N) is 1. The van der Waals surface area contributed by atoms with Crippen molar-refractivity contribution in [3.63, 3.8) is 0 Å². The molecule has 0 bridgehead atoms. The molecule has 23 heavy (non-hydrogen) atoms. The van der Waals surface area contributed by atoms with Crippen LogP contribution in [-0.2, 0) is 20.8 Å². The molecule has 0 radical (unpaired) electrons. The highest BCUT2D eigenvalue weighted by Crippen LogP contribution is 2.40. The van der Waals surface area contributed by atoms with E-state index in [0.29, 0.717) is 11.3 Å². The second-order valence-corrected chi connectivity index (χ2v) is 7.31. The van der Waals surface area contributed by atoms with Gasteiger partial charge in [0.1, 0.15) is 17.1 Å². The van der Waals surface area contributed by atoms with Gasteiger partial charge in [0.25, 0.3) is 5.91 Å². The summed E-state index contributed by atoms with van der Waals surface area (Å²) in [6.07, 6.45) is 0.217. The van der Waals surface area contributed by atoms with Gasteiger partial charge in [0, 0.05) is 17.2 Å². The Kier molecular flexibility index (Phi) is 4.42. The summed E-state index contributed by atoms with van der Waals surface area (Å²) in [4.78, 5) is 37.9. The minimum absolute atomic E-state index is 0.0370. The normalized spacial score (nSPS) is 23.3. The second kappa shape index (κ2) is 6.34. The van der Waals surface area contributed by atoms with E-state index in [1.807, 2.05) is 17.5 Å². The number of thioether (sulfide) groups is 1. The van der Waals surface area contributed by atoms with Gasteiger partial charge in [0.15, 0.2) is 0 Å². The molecule has 2 aliphatic heterocycles. The Morgan fingerprint density at radius 1 is 1.48 bits per heavy atom. The lowest BCUT2D eigenvalue weighted by Gasteiger charge is -2.49. The number of carboxylic acid groups (broad SMARTS) is 1. The topological polar surface area (TPSA) is 113 Å². The number of thiophene rings is 1. The maximum atomic E-state index is 12.3.